The lowest BCUT2D eigenvalue weighted by Crippen LogP contribution is -2.23. The number of aliphatic hydroxyl groups excluding tert-OH is 2. The smallest absolute Gasteiger partial charge is 0.300 e. The summed E-state index contributed by atoms with van der Waals surface area (Å²) in [6.45, 7) is 2.69. The first kappa shape index (κ1) is 28.8. The van der Waals surface area contributed by atoms with Crippen molar-refractivity contribution in [1.82, 2.24) is 5.32 Å². The third-order valence-corrected chi connectivity index (χ3v) is 5.48. The molecule has 0 aliphatic carbocycles. The second-order valence-corrected chi connectivity index (χ2v) is 8.47. The van der Waals surface area contributed by atoms with Crippen molar-refractivity contribution >= 4 is 5.97 Å². The molecule has 0 radical (unpaired) electrons. The van der Waals surface area contributed by atoms with Crippen LogP contribution in [0.1, 0.15) is 48.1 Å². The average Bonchev–Trinajstić information content (AvgIpc) is 2.87. The van der Waals surface area contributed by atoms with E-state index in [1.54, 1.807) is 12.1 Å². The van der Waals surface area contributed by atoms with Gasteiger partial charge < -0.3 is 30.5 Å². The molecule has 0 aliphatic heterocycles. The van der Waals surface area contributed by atoms with Gasteiger partial charge in [0.25, 0.3) is 5.97 Å². The maximum atomic E-state index is 10.3. The number of carboxylic acids is 1. The second kappa shape index (κ2) is 16.3. The van der Waals surface area contributed by atoms with Gasteiger partial charge in [-0.2, -0.15) is 0 Å². The van der Waals surface area contributed by atoms with Crippen LogP contribution in [0, 0.1) is 0 Å². The summed E-state index contributed by atoms with van der Waals surface area (Å²) in [5, 5.41) is 39.8. The van der Waals surface area contributed by atoms with E-state index < -0.39 is 12.1 Å². The van der Waals surface area contributed by atoms with Gasteiger partial charge in [0, 0.05) is 19.0 Å². The molecule has 0 spiro atoms. The van der Waals surface area contributed by atoms with Crippen molar-refractivity contribution in [3.8, 4) is 11.5 Å². The van der Waals surface area contributed by atoms with Crippen LogP contribution in [0.15, 0.2) is 72.8 Å². The first-order chi connectivity index (χ1) is 17.4. The Morgan fingerprint density at radius 1 is 0.944 bits per heavy atom. The molecule has 3 aromatic rings. The Kier molecular flexibility index (Phi) is 13.1. The molecular weight excluding hydrogens is 458 g/mol. The summed E-state index contributed by atoms with van der Waals surface area (Å²) in [5.41, 5.74) is 3.66. The number of nitrogens with one attached hydrogen (secondary N) is 1. The number of carbonyl (C=O) groups is 1. The third kappa shape index (κ3) is 11.4. The zero-order valence-electron chi connectivity index (χ0n) is 20.8. The zero-order chi connectivity index (χ0) is 26.2. The SMILES string of the molecule is CC(=O)O.OCc1cc([C@@H](O)CNCCc2ccc(OCCCCc3ccccc3)cc2)ccc1O. The minimum Gasteiger partial charge on any atom is -0.508 e. The van der Waals surface area contributed by atoms with Crippen molar-refractivity contribution in [2.75, 3.05) is 19.7 Å². The van der Waals surface area contributed by atoms with Crippen LogP contribution in [-0.2, 0) is 24.2 Å². The highest BCUT2D eigenvalue weighted by molar-refractivity contribution is 5.62. The van der Waals surface area contributed by atoms with E-state index in [4.69, 9.17) is 14.6 Å². The van der Waals surface area contributed by atoms with Gasteiger partial charge in [0.05, 0.1) is 19.3 Å². The van der Waals surface area contributed by atoms with Crippen molar-refractivity contribution in [2.45, 2.75) is 45.3 Å². The third-order valence-electron chi connectivity index (χ3n) is 5.48. The molecule has 1 atom stereocenters. The van der Waals surface area contributed by atoms with Gasteiger partial charge in [0.1, 0.15) is 11.5 Å². The van der Waals surface area contributed by atoms with Gasteiger partial charge in [0.15, 0.2) is 0 Å². The Morgan fingerprint density at radius 3 is 2.28 bits per heavy atom. The second-order valence-electron chi connectivity index (χ2n) is 8.47. The van der Waals surface area contributed by atoms with E-state index in [0.717, 1.165) is 51.5 Å². The monoisotopic (exact) mass is 495 g/mol. The molecule has 0 aliphatic rings. The van der Waals surface area contributed by atoms with Crippen molar-refractivity contribution in [3.63, 3.8) is 0 Å². The number of carboxylic acid groups (broad SMARTS) is 1. The summed E-state index contributed by atoms with van der Waals surface area (Å²) < 4.78 is 5.85. The Bertz CT molecular complexity index is 1020. The van der Waals surface area contributed by atoms with Gasteiger partial charge in [-0.15, -0.1) is 0 Å². The Morgan fingerprint density at radius 2 is 1.61 bits per heavy atom. The molecule has 0 unspecified atom stereocenters. The van der Waals surface area contributed by atoms with Crippen LogP contribution in [0.2, 0.25) is 0 Å². The van der Waals surface area contributed by atoms with Crippen LogP contribution in [0.4, 0.5) is 0 Å². The quantitative estimate of drug-likeness (QED) is 0.225. The van der Waals surface area contributed by atoms with E-state index in [1.165, 1.54) is 17.2 Å². The van der Waals surface area contributed by atoms with Crippen molar-refractivity contribution < 1.29 is 30.0 Å². The van der Waals surface area contributed by atoms with E-state index >= 15 is 0 Å². The van der Waals surface area contributed by atoms with Gasteiger partial charge in [0.2, 0.25) is 0 Å². The number of hydrogen-bond donors (Lipinski definition) is 5. The zero-order valence-corrected chi connectivity index (χ0v) is 20.8. The maximum Gasteiger partial charge on any atom is 0.300 e. The predicted octanol–water partition coefficient (Wildman–Crippen LogP) is 4.24. The predicted molar refractivity (Wildman–Crippen MR) is 140 cm³/mol. The topological polar surface area (TPSA) is 119 Å². The van der Waals surface area contributed by atoms with Gasteiger partial charge in [-0.3, -0.25) is 4.79 Å². The molecule has 36 heavy (non-hydrogen) atoms. The molecule has 0 bridgehead atoms. The molecule has 0 aromatic heterocycles. The van der Waals surface area contributed by atoms with Crippen LogP contribution >= 0.6 is 0 Å². The molecule has 194 valence electrons. The Labute approximate surface area is 213 Å². The molecule has 0 amide bonds. The fourth-order valence-corrected chi connectivity index (χ4v) is 3.55. The summed E-state index contributed by atoms with van der Waals surface area (Å²) in [5.74, 6) is 0.0971. The Balaban J connectivity index is 0.00000106. The average molecular weight is 496 g/mol. The highest BCUT2D eigenvalue weighted by Gasteiger charge is 2.10. The van der Waals surface area contributed by atoms with E-state index in [2.05, 4.69) is 41.7 Å². The van der Waals surface area contributed by atoms with E-state index in [0.29, 0.717) is 17.7 Å². The highest BCUT2D eigenvalue weighted by Crippen LogP contribution is 2.22. The fourth-order valence-electron chi connectivity index (χ4n) is 3.55. The van der Waals surface area contributed by atoms with Crippen LogP contribution in [0.25, 0.3) is 0 Å². The summed E-state index contributed by atoms with van der Waals surface area (Å²) in [7, 11) is 0. The molecule has 0 fully saturated rings. The standard InChI is InChI=1S/C27H33NO4.C2H4O2/c29-20-24-18-23(11-14-26(24)30)27(31)19-28-16-15-22-9-12-25(13-10-22)32-17-5-4-8-21-6-2-1-3-7-21;1-2(3)4/h1-3,6-7,9-14,18,27-31H,4-5,8,15-17,19-20H2;1H3,(H,3,4)/t27-;/m0./s1. The summed E-state index contributed by atoms with van der Waals surface area (Å²) in [6, 6.07) is 23.5. The van der Waals surface area contributed by atoms with E-state index in [-0.39, 0.29) is 12.4 Å². The van der Waals surface area contributed by atoms with Gasteiger partial charge in [-0.25, -0.2) is 0 Å². The van der Waals surface area contributed by atoms with Crippen LogP contribution in [0.5, 0.6) is 11.5 Å². The first-order valence-electron chi connectivity index (χ1n) is 12.2. The lowest BCUT2D eigenvalue weighted by molar-refractivity contribution is -0.134. The number of benzene rings is 3. The summed E-state index contributed by atoms with van der Waals surface area (Å²) in [6.07, 6.45) is 3.38. The van der Waals surface area contributed by atoms with Crippen LogP contribution < -0.4 is 10.1 Å². The van der Waals surface area contributed by atoms with Crippen LogP contribution in [-0.4, -0.2) is 46.1 Å². The molecule has 3 rings (SSSR count). The minimum absolute atomic E-state index is 0.0380. The van der Waals surface area contributed by atoms with Gasteiger partial charge in [-0.05, 0) is 73.2 Å². The van der Waals surface area contributed by atoms with E-state index in [1.807, 2.05) is 18.2 Å². The molecule has 7 nitrogen and oxygen atoms in total. The van der Waals surface area contributed by atoms with E-state index in [9.17, 15) is 15.3 Å². The van der Waals surface area contributed by atoms with Gasteiger partial charge >= 0.3 is 0 Å². The van der Waals surface area contributed by atoms with Crippen molar-refractivity contribution in [3.05, 3.63) is 95.1 Å². The highest BCUT2D eigenvalue weighted by atomic mass is 16.5. The number of aryl methyl sites for hydroxylation is 1. The lowest BCUT2D eigenvalue weighted by Gasteiger charge is -2.14. The number of aromatic hydroxyl groups is 1. The molecule has 0 saturated carbocycles. The van der Waals surface area contributed by atoms with Crippen molar-refractivity contribution in [1.29, 1.82) is 0 Å². The van der Waals surface area contributed by atoms with Gasteiger partial charge in [-0.1, -0.05) is 48.5 Å². The fraction of sp³-hybridized carbons (Fsp3) is 0.345. The first-order valence-corrected chi connectivity index (χ1v) is 12.2. The molecular formula is C29H37NO6. The lowest BCUT2D eigenvalue weighted by atomic mass is 10.1. The number of ether oxygens (including phenoxy) is 1. The largest absolute Gasteiger partial charge is 0.508 e. The number of hydrogen-bond acceptors (Lipinski definition) is 6. The number of aliphatic carboxylic acids is 1. The number of unbranched alkanes of at least 4 members (excludes halogenated alkanes) is 1. The summed E-state index contributed by atoms with van der Waals surface area (Å²) in [4.78, 5) is 9.00. The number of phenols is 1. The molecule has 7 heteroatoms. The normalized spacial score (nSPS) is 11.3. The van der Waals surface area contributed by atoms with Crippen LogP contribution in [0.3, 0.4) is 0 Å². The number of aliphatic hydroxyl groups is 2. The molecule has 0 saturated heterocycles. The number of rotatable bonds is 13. The minimum atomic E-state index is -0.833. The molecule has 5 N–H and O–H groups in total. The molecule has 0 heterocycles. The maximum absolute atomic E-state index is 10.3. The molecule has 3 aromatic carbocycles. The van der Waals surface area contributed by atoms with Crippen molar-refractivity contribution in [2.24, 2.45) is 0 Å². The summed E-state index contributed by atoms with van der Waals surface area (Å²) >= 11 is 0. The Hall–Kier alpha value is -3.39.